The van der Waals surface area contributed by atoms with Gasteiger partial charge in [-0.15, -0.1) is 0 Å². The predicted octanol–water partition coefficient (Wildman–Crippen LogP) is 3.60. The van der Waals surface area contributed by atoms with Crippen LogP contribution in [-0.4, -0.2) is 29.1 Å². The Balaban J connectivity index is 1.46. The van der Waals surface area contributed by atoms with Gasteiger partial charge in [-0.25, -0.2) is 4.98 Å². The molecule has 1 aromatic heterocycles. The van der Waals surface area contributed by atoms with Crippen LogP contribution in [0.4, 0.5) is 10.8 Å². The fourth-order valence-corrected chi connectivity index (χ4v) is 4.76. The molecule has 2 heterocycles. The molecule has 0 saturated carbocycles. The maximum absolute atomic E-state index is 12.7. The Morgan fingerprint density at radius 1 is 1.21 bits per heavy atom. The number of aromatic nitrogens is 1. The smallest absolute Gasteiger partial charge is 0.231 e. The summed E-state index contributed by atoms with van der Waals surface area (Å²) in [5.74, 6) is -0.618. The Labute approximate surface area is 168 Å². The van der Waals surface area contributed by atoms with Crippen LogP contribution in [0.1, 0.15) is 47.6 Å². The minimum atomic E-state index is -0.429. The topological polar surface area (TPSA) is 79.4 Å². The third-order valence-corrected chi connectivity index (χ3v) is 6.36. The van der Waals surface area contributed by atoms with E-state index >= 15 is 0 Å². The molecule has 0 bridgehead atoms. The summed E-state index contributed by atoms with van der Waals surface area (Å²) in [5.41, 5.74) is 2.59. The summed E-state index contributed by atoms with van der Waals surface area (Å²) in [6.45, 7) is 6.45. The minimum absolute atomic E-state index is 0.0561. The highest BCUT2D eigenvalue weighted by atomic mass is 32.1. The molecule has 1 aliphatic carbocycles. The van der Waals surface area contributed by atoms with Gasteiger partial charge in [-0.1, -0.05) is 42.9 Å². The lowest BCUT2D eigenvalue weighted by Gasteiger charge is -2.26. The molecule has 2 aromatic rings. The Morgan fingerprint density at radius 3 is 2.64 bits per heavy atom. The number of anilines is 2. The summed E-state index contributed by atoms with van der Waals surface area (Å²) in [4.78, 5) is 44.2. The summed E-state index contributed by atoms with van der Waals surface area (Å²) < 4.78 is 0. The Hall–Kier alpha value is -2.54. The number of rotatable bonds is 3. The highest BCUT2D eigenvalue weighted by Crippen LogP contribution is 2.38. The molecule has 2 aliphatic rings. The molecule has 28 heavy (non-hydrogen) atoms. The first-order valence-electron chi connectivity index (χ1n) is 9.43. The van der Waals surface area contributed by atoms with Gasteiger partial charge in [-0.05, 0) is 30.9 Å². The second-order valence-electron chi connectivity index (χ2n) is 8.47. The molecular weight excluding hydrogens is 374 g/mol. The fourth-order valence-electron chi connectivity index (χ4n) is 3.84. The van der Waals surface area contributed by atoms with Crippen molar-refractivity contribution >= 4 is 39.8 Å². The van der Waals surface area contributed by atoms with Crippen molar-refractivity contribution in [1.29, 1.82) is 0 Å². The van der Waals surface area contributed by atoms with E-state index < -0.39 is 5.92 Å². The van der Waals surface area contributed by atoms with Crippen molar-refractivity contribution < 1.29 is 14.4 Å². The van der Waals surface area contributed by atoms with E-state index in [0.29, 0.717) is 23.0 Å². The van der Waals surface area contributed by atoms with Crippen molar-refractivity contribution in [3.63, 3.8) is 0 Å². The van der Waals surface area contributed by atoms with E-state index in [1.54, 1.807) is 4.90 Å². The van der Waals surface area contributed by atoms with Crippen molar-refractivity contribution in [2.75, 3.05) is 16.8 Å². The molecule has 6 nitrogen and oxygen atoms in total. The molecule has 4 rings (SSSR count). The van der Waals surface area contributed by atoms with Gasteiger partial charge in [0, 0.05) is 25.1 Å². The first-order valence-corrected chi connectivity index (χ1v) is 10.2. The molecule has 1 N–H and O–H groups in total. The van der Waals surface area contributed by atoms with Crippen LogP contribution in [0.3, 0.4) is 0 Å². The number of thiazole rings is 1. The van der Waals surface area contributed by atoms with Gasteiger partial charge in [0.15, 0.2) is 10.9 Å². The zero-order valence-electron chi connectivity index (χ0n) is 16.2. The average Bonchev–Trinajstić information content (AvgIpc) is 3.18. The quantitative estimate of drug-likeness (QED) is 0.858. The van der Waals surface area contributed by atoms with E-state index in [-0.39, 0.29) is 29.4 Å². The summed E-state index contributed by atoms with van der Waals surface area (Å²) in [7, 11) is 0. The Morgan fingerprint density at radius 2 is 1.93 bits per heavy atom. The highest BCUT2D eigenvalue weighted by Gasteiger charge is 2.37. The number of carbonyl (C=O) groups excluding carboxylic acids is 3. The van der Waals surface area contributed by atoms with Gasteiger partial charge in [0.2, 0.25) is 11.8 Å². The lowest BCUT2D eigenvalue weighted by atomic mass is 9.78. The number of benzene rings is 1. The summed E-state index contributed by atoms with van der Waals surface area (Å²) in [6, 6.07) is 7.70. The predicted molar refractivity (Wildman–Crippen MR) is 109 cm³/mol. The van der Waals surface area contributed by atoms with Crippen molar-refractivity contribution in [2.24, 2.45) is 11.3 Å². The van der Waals surface area contributed by atoms with Gasteiger partial charge >= 0.3 is 0 Å². The molecule has 2 amide bonds. The number of hydrogen-bond donors (Lipinski definition) is 1. The normalized spacial score (nSPS) is 21.0. The lowest BCUT2D eigenvalue weighted by molar-refractivity contribution is -0.122. The molecule has 1 aliphatic heterocycles. The van der Waals surface area contributed by atoms with Crippen LogP contribution in [0, 0.1) is 18.3 Å². The molecule has 1 atom stereocenters. The van der Waals surface area contributed by atoms with Crippen LogP contribution in [0.2, 0.25) is 0 Å². The Bertz CT molecular complexity index is 962. The second kappa shape index (κ2) is 6.81. The maximum Gasteiger partial charge on any atom is 0.231 e. The van der Waals surface area contributed by atoms with Crippen LogP contribution in [0.15, 0.2) is 24.3 Å². The molecule has 1 saturated heterocycles. The molecule has 0 radical (unpaired) electrons. The largest absolute Gasteiger partial charge is 0.312 e. The number of Topliss-reactive ketones (excluding diaryl/α,β-unsaturated/α-hetero) is 1. The van der Waals surface area contributed by atoms with Gasteiger partial charge in [0.1, 0.15) is 0 Å². The van der Waals surface area contributed by atoms with Crippen LogP contribution >= 0.6 is 11.3 Å². The molecule has 146 valence electrons. The zero-order valence-corrected chi connectivity index (χ0v) is 17.1. The van der Waals surface area contributed by atoms with Gasteiger partial charge < -0.3 is 10.2 Å². The van der Waals surface area contributed by atoms with E-state index in [2.05, 4.69) is 24.1 Å². The standard InChI is InChI=1S/C21H23N3O3S/c1-12-4-6-14(7-5-12)24-11-13(8-17(24)26)19(27)23-20-22-15-9-21(2,3)10-16(25)18(15)28-20/h4-7,13H,8-11H2,1-3H3,(H,22,23,27)/t13-/m1/s1. The third kappa shape index (κ3) is 3.58. The van der Waals surface area contributed by atoms with E-state index in [0.717, 1.165) is 23.4 Å². The molecular formula is C21H23N3O3S. The third-order valence-electron chi connectivity index (χ3n) is 5.31. The monoisotopic (exact) mass is 397 g/mol. The van der Waals surface area contributed by atoms with Crippen LogP contribution in [0.25, 0.3) is 0 Å². The summed E-state index contributed by atoms with van der Waals surface area (Å²) in [5, 5.41) is 3.27. The zero-order chi connectivity index (χ0) is 20.1. The van der Waals surface area contributed by atoms with Gasteiger partial charge in [-0.3, -0.25) is 14.4 Å². The number of aryl methyl sites for hydroxylation is 1. The minimum Gasteiger partial charge on any atom is -0.312 e. The van der Waals surface area contributed by atoms with Crippen LogP contribution < -0.4 is 10.2 Å². The number of fused-ring (bicyclic) bond motifs is 1. The molecule has 1 fully saturated rings. The Kier molecular flexibility index (Phi) is 4.57. The summed E-state index contributed by atoms with van der Waals surface area (Å²) >= 11 is 1.24. The van der Waals surface area contributed by atoms with E-state index in [1.165, 1.54) is 11.3 Å². The first kappa shape index (κ1) is 18.8. The number of hydrogen-bond acceptors (Lipinski definition) is 5. The van der Waals surface area contributed by atoms with Crippen molar-refractivity contribution in [1.82, 2.24) is 4.98 Å². The molecule has 1 aromatic carbocycles. The SMILES string of the molecule is Cc1ccc(N2C[C@H](C(=O)Nc3nc4c(s3)C(=O)CC(C)(C)C4)CC2=O)cc1. The first-order chi connectivity index (χ1) is 13.2. The second-order valence-corrected chi connectivity index (χ2v) is 9.47. The van der Waals surface area contributed by atoms with Gasteiger partial charge in [0.25, 0.3) is 0 Å². The number of nitrogens with one attached hydrogen (secondary N) is 1. The van der Waals surface area contributed by atoms with Gasteiger partial charge in [-0.2, -0.15) is 0 Å². The number of nitrogens with zero attached hydrogens (tertiary/aromatic N) is 2. The van der Waals surface area contributed by atoms with E-state index in [9.17, 15) is 14.4 Å². The van der Waals surface area contributed by atoms with Crippen molar-refractivity contribution in [3.05, 3.63) is 40.4 Å². The lowest BCUT2D eigenvalue weighted by Crippen LogP contribution is -2.28. The van der Waals surface area contributed by atoms with Crippen molar-refractivity contribution in [2.45, 2.75) is 40.0 Å². The average molecular weight is 398 g/mol. The molecule has 0 unspecified atom stereocenters. The van der Waals surface area contributed by atoms with Crippen LogP contribution in [-0.2, 0) is 16.0 Å². The maximum atomic E-state index is 12.7. The van der Waals surface area contributed by atoms with E-state index in [4.69, 9.17) is 0 Å². The molecule has 7 heteroatoms. The molecule has 0 spiro atoms. The van der Waals surface area contributed by atoms with Crippen LogP contribution in [0.5, 0.6) is 0 Å². The van der Waals surface area contributed by atoms with Crippen molar-refractivity contribution in [3.8, 4) is 0 Å². The summed E-state index contributed by atoms with van der Waals surface area (Å²) in [6.07, 6.45) is 1.40. The highest BCUT2D eigenvalue weighted by molar-refractivity contribution is 7.17. The number of ketones is 1. The number of carbonyl (C=O) groups is 3. The number of amides is 2. The van der Waals surface area contributed by atoms with Gasteiger partial charge in [0.05, 0.1) is 16.5 Å². The van der Waals surface area contributed by atoms with E-state index in [1.807, 2.05) is 31.2 Å². The fraction of sp³-hybridized carbons (Fsp3) is 0.429.